The number of nitrogens with zero attached hydrogens (tertiary/aromatic N) is 2. The van der Waals surface area contributed by atoms with Gasteiger partial charge in [0.15, 0.2) is 6.61 Å². The average molecular weight is 419 g/mol. The molecule has 2 heterocycles. The van der Waals surface area contributed by atoms with Crippen molar-refractivity contribution in [3.63, 3.8) is 0 Å². The SMILES string of the molecule is COC(=O)c1ccc(NC(=O)COc2cccc3ccc(N4CCCCC4)nc23)cc1. The van der Waals surface area contributed by atoms with E-state index in [2.05, 4.69) is 15.0 Å². The summed E-state index contributed by atoms with van der Waals surface area (Å²) in [6.45, 7) is 1.88. The van der Waals surface area contributed by atoms with Crippen LogP contribution in [-0.4, -0.2) is 43.7 Å². The van der Waals surface area contributed by atoms with E-state index in [-0.39, 0.29) is 12.5 Å². The molecular weight excluding hydrogens is 394 g/mol. The molecular formula is C24H25N3O4. The number of para-hydroxylation sites is 1. The predicted octanol–water partition coefficient (Wildman–Crippen LogP) is 4.03. The maximum Gasteiger partial charge on any atom is 0.337 e. The molecule has 31 heavy (non-hydrogen) atoms. The molecule has 1 fully saturated rings. The van der Waals surface area contributed by atoms with E-state index in [1.165, 1.54) is 26.4 Å². The van der Waals surface area contributed by atoms with E-state index in [0.29, 0.717) is 17.0 Å². The van der Waals surface area contributed by atoms with Gasteiger partial charge in [-0.25, -0.2) is 9.78 Å². The van der Waals surface area contributed by atoms with Gasteiger partial charge in [0.25, 0.3) is 5.91 Å². The third-order valence-corrected chi connectivity index (χ3v) is 5.30. The molecule has 2 aromatic carbocycles. The van der Waals surface area contributed by atoms with Crippen LogP contribution in [0.1, 0.15) is 29.6 Å². The molecule has 0 bridgehead atoms. The van der Waals surface area contributed by atoms with Crippen LogP contribution >= 0.6 is 0 Å². The Kier molecular flexibility index (Phi) is 6.31. The number of ether oxygens (including phenoxy) is 2. The van der Waals surface area contributed by atoms with Crippen LogP contribution in [0.2, 0.25) is 0 Å². The first-order valence-corrected chi connectivity index (χ1v) is 10.4. The number of carbonyl (C=O) groups is 2. The van der Waals surface area contributed by atoms with Crippen LogP contribution in [0, 0.1) is 0 Å². The van der Waals surface area contributed by atoms with Gasteiger partial charge in [-0.3, -0.25) is 4.79 Å². The lowest BCUT2D eigenvalue weighted by Crippen LogP contribution is -2.30. The number of methoxy groups -OCH3 is 1. The third kappa shape index (κ3) is 4.94. The van der Waals surface area contributed by atoms with E-state index < -0.39 is 5.97 Å². The summed E-state index contributed by atoms with van der Waals surface area (Å²) in [5, 5.41) is 3.73. The van der Waals surface area contributed by atoms with Gasteiger partial charge in [-0.15, -0.1) is 0 Å². The highest BCUT2D eigenvalue weighted by Gasteiger charge is 2.14. The van der Waals surface area contributed by atoms with Crippen molar-refractivity contribution in [3.8, 4) is 5.75 Å². The summed E-state index contributed by atoms with van der Waals surface area (Å²) < 4.78 is 10.5. The number of esters is 1. The zero-order chi connectivity index (χ0) is 21.6. The van der Waals surface area contributed by atoms with Crippen molar-refractivity contribution >= 4 is 34.3 Å². The largest absolute Gasteiger partial charge is 0.481 e. The number of hydrogen-bond acceptors (Lipinski definition) is 6. The molecule has 1 N–H and O–H groups in total. The van der Waals surface area contributed by atoms with Crippen molar-refractivity contribution in [1.82, 2.24) is 4.98 Å². The highest BCUT2D eigenvalue weighted by molar-refractivity contribution is 5.94. The average Bonchev–Trinajstić information content (AvgIpc) is 2.83. The minimum atomic E-state index is -0.423. The second-order valence-corrected chi connectivity index (χ2v) is 7.45. The molecule has 3 aromatic rings. The summed E-state index contributed by atoms with van der Waals surface area (Å²) in [5.41, 5.74) is 1.74. The monoisotopic (exact) mass is 419 g/mol. The first-order valence-electron chi connectivity index (χ1n) is 10.4. The van der Waals surface area contributed by atoms with Crippen molar-refractivity contribution in [2.45, 2.75) is 19.3 Å². The standard InChI is InChI=1S/C24H25N3O4/c1-30-24(29)18-8-11-19(12-9-18)25-22(28)16-31-20-7-5-6-17-10-13-21(26-23(17)20)27-14-3-2-4-15-27/h5-13H,2-4,14-16H2,1H3,(H,25,28). The Morgan fingerprint density at radius 1 is 1.00 bits per heavy atom. The smallest absolute Gasteiger partial charge is 0.337 e. The molecule has 1 aliphatic heterocycles. The first-order chi connectivity index (χ1) is 15.1. The van der Waals surface area contributed by atoms with E-state index in [1.807, 2.05) is 30.3 Å². The number of rotatable bonds is 6. The van der Waals surface area contributed by atoms with Gasteiger partial charge in [0.05, 0.1) is 12.7 Å². The Morgan fingerprint density at radius 3 is 2.52 bits per heavy atom. The van der Waals surface area contributed by atoms with Gasteiger partial charge >= 0.3 is 5.97 Å². The quantitative estimate of drug-likeness (QED) is 0.608. The topological polar surface area (TPSA) is 80.8 Å². The summed E-state index contributed by atoms with van der Waals surface area (Å²) in [4.78, 5) is 31.0. The molecule has 4 rings (SSSR count). The molecule has 0 radical (unpaired) electrons. The highest BCUT2D eigenvalue weighted by Crippen LogP contribution is 2.27. The van der Waals surface area contributed by atoms with Crippen LogP contribution in [0.3, 0.4) is 0 Å². The van der Waals surface area contributed by atoms with Crippen LogP contribution in [0.5, 0.6) is 5.75 Å². The van der Waals surface area contributed by atoms with Gasteiger partial charge in [0.1, 0.15) is 17.1 Å². The number of hydrogen-bond donors (Lipinski definition) is 1. The number of pyridine rings is 1. The lowest BCUT2D eigenvalue weighted by atomic mass is 10.1. The van der Waals surface area contributed by atoms with Gasteiger partial charge in [0.2, 0.25) is 0 Å². The molecule has 0 aliphatic carbocycles. The third-order valence-electron chi connectivity index (χ3n) is 5.30. The van der Waals surface area contributed by atoms with Crippen LogP contribution in [0.25, 0.3) is 10.9 Å². The van der Waals surface area contributed by atoms with Crippen molar-refractivity contribution in [3.05, 3.63) is 60.2 Å². The number of benzene rings is 2. The second kappa shape index (κ2) is 9.47. The van der Waals surface area contributed by atoms with E-state index >= 15 is 0 Å². The number of piperidine rings is 1. The Labute approximate surface area is 181 Å². The fraction of sp³-hybridized carbons (Fsp3) is 0.292. The highest BCUT2D eigenvalue weighted by atomic mass is 16.5. The normalized spacial score (nSPS) is 13.6. The lowest BCUT2D eigenvalue weighted by molar-refractivity contribution is -0.118. The van der Waals surface area contributed by atoms with Gasteiger partial charge in [0, 0.05) is 24.2 Å². The molecule has 0 atom stereocenters. The van der Waals surface area contributed by atoms with Gasteiger partial charge in [-0.05, 0) is 61.7 Å². The zero-order valence-electron chi connectivity index (χ0n) is 17.5. The van der Waals surface area contributed by atoms with Crippen molar-refractivity contribution in [2.24, 2.45) is 0 Å². The molecule has 0 saturated carbocycles. The fourth-order valence-corrected chi connectivity index (χ4v) is 3.67. The number of aromatic nitrogens is 1. The molecule has 1 aromatic heterocycles. The van der Waals surface area contributed by atoms with Crippen LogP contribution < -0.4 is 15.0 Å². The summed E-state index contributed by atoms with van der Waals surface area (Å²) in [5.74, 6) is 0.801. The summed E-state index contributed by atoms with van der Waals surface area (Å²) in [6.07, 6.45) is 3.62. The molecule has 1 saturated heterocycles. The number of fused-ring (bicyclic) bond motifs is 1. The minimum Gasteiger partial charge on any atom is -0.481 e. The zero-order valence-corrected chi connectivity index (χ0v) is 17.5. The Bertz CT molecular complexity index is 1080. The molecule has 160 valence electrons. The van der Waals surface area contributed by atoms with Crippen LogP contribution in [-0.2, 0) is 9.53 Å². The minimum absolute atomic E-state index is 0.145. The van der Waals surface area contributed by atoms with E-state index in [4.69, 9.17) is 9.72 Å². The van der Waals surface area contributed by atoms with Crippen molar-refractivity contribution < 1.29 is 19.1 Å². The molecule has 0 unspecified atom stereocenters. The number of nitrogens with one attached hydrogen (secondary N) is 1. The Morgan fingerprint density at radius 2 is 1.77 bits per heavy atom. The maximum absolute atomic E-state index is 12.4. The Hall–Kier alpha value is -3.61. The maximum atomic E-state index is 12.4. The van der Waals surface area contributed by atoms with E-state index in [0.717, 1.165) is 29.8 Å². The van der Waals surface area contributed by atoms with Crippen molar-refractivity contribution in [1.29, 1.82) is 0 Å². The van der Waals surface area contributed by atoms with Gasteiger partial charge < -0.3 is 19.7 Å². The van der Waals surface area contributed by atoms with E-state index in [1.54, 1.807) is 24.3 Å². The molecule has 1 aliphatic rings. The summed E-state index contributed by atoms with van der Waals surface area (Å²) >= 11 is 0. The second-order valence-electron chi connectivity index (χ2n) is 7.45. The number of amides is 1. The number of carbonyl (C=O) groups excluding carboxylic acids is 2. The molecule has 0 spiro atoms. The predicted molar refractivity (Wildman–Crippen MR) is 120 cm³/mol. The summed E-state index contributed by atoms with van der Waals surface area (Å²) in [7, 11) is 1.33. The molecule has 1 amide bonds. The van der Waals surface area contributed by atoms with Crippen LogP contribution in [0.15, 0.2) is 54.6 Å². The van der Waals surface area contributed by atoms with Gasteiger partial charge in [-0.2, -0.15) is 0 Å². The van der Waals surface area contributed by atoms with Gasteiger partial charge in [-0.1, -0.05) is 12.1 Å². The fourth-order valence-electron chi connectivity index (χ4n) is 3.67. The Balaban J connectivity index is 1.43. The number of anilines is 2. The lowest BCUT2D eigenvalue weighted by Gasteiger charge is -2.28. The summed E-state index contributed by atoms with van der Waals surface area (Å²) in [6, 6.07) is 16.3. The van der Waals surface area contributed by atoms with Crippen LogP contribution in [0.4, 0.5) is 11.5 Å². The van der Waals surface area contributed by atoms with Crippen molar-refractivity contribution in [2.75, 3.05) is 37.0 Å². The molecule has 7 heteroatoms. The first kappa shape index (κ1) is 20.7. The van der Waals surface area contributed by atoms with E-state index in [9.17, 15) is 9.59 Å². The molecule has 7 nitrogen and oxygen atoms in total.